The van der Waals surface area contributed by atoms with E-state index in [0.29, 0.717) is 31.7 Å². The molecule has 22 heavy (non-hydrogen) atoms. The minimum Gasteiger partial charge on any atom is -0.385 e. The molecule has 0 spiro atoms. The Hall–Kier alpha value is -1.63. The van der Waals surface area contributed by atoms with Crippen LogP contribution in [0.2, 0.25) is 0 Å². The Bertz CT molecular complexity index is 487. The largest absolute Gasteiger partial charge is 0.385 e. The molecule has 3 rings (SSSR count). The number of rotatable bonds is 3. The summed E-state index contributed by atoms with van der Waals surface area (Å²) >= 11 is 0. The van der Waals surface area contributed by atoms with Gasteiger partial charge in [0.05, 0.1) is 12.1 Å². The van der Waals surface area contributed by atoms with Crippen LogP contribution in [0.5, 0.6) is 0 Å². The molecule has 7 nitrogen and oxygen atoms in total. The van der Waals surface area contributed by atoms with E-state index in [0.717, 1.165) is 17.9 Å². The Morgan fingerprint density at radius 2 is 1.95 bits per heavy atom. The molecular formula is C15H24N4O3. The zero-order valence-electron chi connectivity index (χ0n) is 12.8. The van der Waals surface area contributed by atoms with Crippen LogP contribution in [0, 0.1) is 5.92 Å². The number of hydroxylamine groups is 2. The normalized spacial score (nSPS) is 30.0. The third kappa shape index (κ3) is 2.95. The quantitative estimate of drug-likeness (QED) is 0.469. The molecule has 3 aliphatic rings. The number of nitrogens with zero attached hydrogens (tertiary/aromatic N) is 3. The molecule has 0 aromatic rings. The summed E-state index contributed by atoms with van der Waals surface area (Å²) in [5, 5.41) is 10.4. The molecule has 0 aromatic carbocycles. The van der Waals surface area contributed by atoms with Gasteiger partial charge in [-0.1, -0.05) is 19.3 Å². The zero-order valence-corrected chi connectivity index (χ0v) is 12.8. The highest BCUT2D eigenvalue weighted by atomic mass is 16.5. The van der Waals surface area contributed by atoms with Gasteiger partial charge in [0, 0.05) is 13.0 Å². The molecule has 3 amide bonds. The molecule has 0 unspecified atom stereocenters. The molecule has 2 heterocycles. The van der Waals surface area contributed by atoms with Crippen molar-refractivity contribution in [1.29, 1.82) is 0 Å². The molecule has 1 saturated carbocycles. The van der Waals surface area contributed by atoms with Crippen molar-refractivity contribution in [2.24, 2.45) is 16.6 Å². The summed E-state index contributed by atoms with van der Waals surface area (Å²) in [6.07, 6.45) is 7.60. The maximum atomic E-state index is 12.1. The zero-order chi connectivity index (χ0) is 15.7. The number of carbonyl (C=O) groups is 2. The molecule has 3 fully saturated rings. The van der Waals surface area contributed by atoms with Crippen LogP contribution < -0.4 is 5.73 Å². The lowest BCUT2D eigenvalue weighted by Gasteiger charge is -2.29. The van der Waals surface area contributed by atoms with Gasteiger partial charge >= 0.3 is 6.03 Å². The fourth-order valence-electron chi connectivity index (χ4n) is 3.86. The summed E-state index contributed by atoms with van der Waals surface area (Å²) in [5.74, 6) is 0.455. The van der Waals surface area contributed by atoms with Gasteiger partial charge in [0.1, 0.15) is 5.84 Å². The number of amides is 3. The number of carbonyl (C=O) groups excluding carboxylic acids is 2. The number of hydrogen-bond donors (Lipinski definition) is 2. The monoisotopic (exact) mass is 308 g/mol. The fraction of sp³-hybridized carbons (Fsp3) is 0.800. The molecule has 0 radical (unpaired) electrons. The fourth-order valence-corrected chi connectivity index (χ4v) is 3.86. The Morgan fingerprint density at radius 3 is 2.68 bits per heavy atom. The summed E-state index contributed by atoms with van der Waals surface area (Å²) in [6, 6.07) is -0.962. The number of amidine groups is 1. The van der Waals surface area contributed by atoms with E-state index < -0.39 is 6.03 Å². The lowest BCUT2D eigenvalue weighted by Crippen LogP contribution is -2.48. The average Bonchev–Trinajstić information content (AvgIpc) is 2.73. The number of aliphatic imine (C=N–C) groups is 1. The molecule has 2 bridgehead atoms. The average molecular weight is 308 g/mol. The minimum atomic E-state index is -0.439. The van der Waals surface area contributed by atoms with Gasteiger partial charge in [0.25, 0.3) is 0 Å². The molecule has 122 valence electrons. The standard InChI is InChI=1S/C15H24N4O3/c16-14(17-13(20)8-10-4-2-1-3-5-10)12-7-6-11-9-18(12)15(21)19(11)22/h10-12,22H,1-9H2,(H2,16,17,20)/t11-,12+/m1/s1. The van der Waals surface area contributed by atoms with Gasteiger partial charge in [-0.15, -0.1) is 0 Å². The highest BCUT2D eigenvalue weighted by Gasteiger charge is 2.45. The van der Waals surface area contributed by atoms with Crippen molar-refractivity contribution in [3.05, 3.63) is 0 Å². The lowest BCUT2D eigenvalue weighted by molar-refractivity contribution is -0.118. The second-order valence-corrected chi connectivity index (χ2v) is 6.67. The van der Waals surface area contributed by atoms with E-state index in [4.69, 9.17) is 5.73 Å². The molecule has 0 aromatic heterocycles. The summed E-state index contributed by atoms with van der Waals surface area (Å²) in [6.45, 7) is 0.451. The smallest absolute Gasteiger partial charge is 0.344 e. The van der Waals surface area contributed by atoms with Crippen molar-refractivity contribution in [3.8, 4) is 0 Å². The second-order valence-electron chi connectivity index (χ2n) is 6.67. The van der Waals surface area contributed by atoms with Crippen molar-refractivity contribution in [1.82, 2.24) is 9.96 Å². The van der Waals surface area contributed by atoms with E-state index in [-0.39, 0.29) is 23.8 Å². The van der Waals surface area contributed by atoms with Crippen molar-refractivity contribution in [2.75, 3.05) is 6.54 Å². The molecule has 7 heteroatoms. The van der Waals surface area contributed by atoms with E-state index in [1.54, 1.807) is 0 Å². The molecular weight excluding hydrogens is 284 g/mol. The van der Waals surface area contributed by atoms with Gasteiger partial charge < -0.3 is 10.6 Å². The summed E-state index contributed by atoms with van der Waals surface area (Å²) in [4.78, 5) is 29.5. The van der Waals surface area contributed by atoms with E-state index >= 15 is 0 Å². The van der Waals surface area contributed by atoms with Crippen molar-refractivity contribution in [2.45, 2.75) is 63.5 Å². The Balaban J connectivity index is 1.61. The first kappa shape index (κ1) is 15.3. The number of nitrogens with two attached hydrogens (primary N) is 1. The summed E-state index contributed by atoms with van der Waals surface area (Å²) < 4.78 is 0. The van der Waals surface area contributed by atoms with Crippen molar-refractivity contribution in [3.63, 3.8) is 0 Å². The molecule has 2 aliphatic heterocycles. The SMILES string of the molecule is NC(=NC(=O)CC1CCCCC1)[C@@H]1CC[C@@H]2CN1C(=O)N2O. The van der Waals surface area contributed by atoms with Crippen LogP contribution in [0.4, 0.5) is 4.79 Å². The number of urea groups is 1. The van der Waals surface area contributed by atoms with Gasteiger partial charge in [-0.3, -0.25) is 10.0 Å². The number of fused-ring (bicyclic) bond motifs is 2. The van der Waals surface area contributed by atoms with Gasteiger partial charge in [0.15, 0.2) is 0 Å². The molecule has 3 N–H and O–H groups in total. The lowest BCUT2D eigenvalue weighted by atomic mass is 9.87. The van der Waals surface area contributed by atoms with Crippen LogP contribution in [0.3, 0.4) is 0 Å². The minimum absolute atomic E-state index is 0.158. The van der Waals surface area contributed by atoms with E-state index in [2.05, 4.69) is 4.99 Å². The third-order valence-corrected chi connectivity index (χ3v) is 5.13. The highest BCUT2D eigenvalue weighted by molar-refractivity contribution is 5.98. The van der Waals surface area contributed by atoms with Crippen LogP contribution in [0.1, 0.15) is 51.4 Å². The maximum Gasteiger partial charge on any atom is 0.344 e. The Labute approximate surface area is 130 Å². The van der Waals surface area contributed by atoms with Gasteiger partial charge in [-0.2, -0.15) is 4.99 Å². The second kappa shape index (κ2) is 6.24. The van der Waals surface area contributed by atoms with Gasteiger partial charge in [0.2, 0.25) is 5.91 Å². The Kier molecular flexibility index (Phi) is 4.33. The number of hydrogen-bond acceptors (Lipinski definition) is 3. The summed E-state index contributed by atoms with van der Waals surface area (Å²) in [5.41, 5.74) is 5.98. The highest BCUT2D eigenvalue weighted by Crippen LogP contribution is 2.29. The van der Waals surface area contributed by atoms with Crippen LogP contribution >= 0.6 is 0 Å². The molecule has 2 saturated heterocycles. The maximum absolute atomic E-state index is 12.1. The van der Waals surface area contributed by atoms with Crippen LogP contribution in [0.15, 0.2) is 4.99 Å². The van der Waals surface area contributed by atoms with E-state index in [1.165, 1.54) is 24.2 Å². The van der Waals surface area contributed by atoms with Gasteiger partial charge in [-0.05, 0) is 31.6 Å². The van der Waals surface area contributed by atoms with E-state index in [9.17, 15) is 14.8 Å². The first-order valence-electron chi connectivity index (χ1n) is 8.22. The van der Waals surface area contributed by atoms with Crippen molar-refractivity contribution >= 4 is 17.8 Å². The molecule has 2 atom stereocenters. The third-order valence-electron chi connectivity index (χ3n) is 5.13. The number of piperidine rings is 1. The van der Waals surface area contributed by atoms with Gasteiger partial charge in [-0.25, -0.2) is 9.86 Å². The summed E-state index contributed by atoms with van der Waals surface area (Å²) in [7, 11) is 0. The Morgan fingerprint density at radius 1 is 1.23 bits per heavy atom. The van der Waals surface area contributed by atoms with Crippen LogP contribution in [-0.4, -0.2) is 51.6 Å². The van der Waals surface area contributed by atoms with Crippen molar-refractivity contribution < 1.29 is 14.8 Å². The predicted octanol–water partition coefficient (Wildman–Crippen LogP) is 1.50. The van der Waals surface area contributed by atoms with Crippen LogP contribution in [0.25, 0.3) is 0 Å². The molecule has 1 aliphatic carbocycles. The first-order chi connectivity index (χ1) is 10.6. The first-order valence-corrected chi connectivity index (χ1v) is 8.22. The predicted molar refractivity (Wildman–Crippen MR) is 80.4 cm³/mol. The van der Waals surface area contributed by atoms with E-state index in [1.807, 2.05) is 0 Å². The van der Waals surface area contributed by atoms with Crippen LogP contribution in [-0.2, 0) is 4.79 Å². The topological polar surface area (TPSA) is 99.2 Å².